The molecule has 1 aromatic rings. The first-order valence-corrected chi connectivity index (χ1v) is 6.73. The first kappa shape index (κ1) is 18.0. The van der Waals surface area contributed by atoms with E-state index < -0.39 is 11.8 Å². The number of ether oxygens (including phenoxy) is 3. The molecular weight excluding hydrogens is 312 g/mol. The normalized spacial score (nSPS) is 11.2. The smallest absolute Gasteiger partial charge is 0.341 e. The number of benzene rings is 1. The van der Waals surface area contributed by atoms with Crippen molar-refractivity contribution in [2.75, 3.05) is 27.4 Å². The van der Waals surface area contributed by atoms with E-state index in [1.54, 1.807) is 0 Å². The first-order valence-electron chi connectivity index (χ1n) is 6.35. The van der Waals surface area contributed by atoms with Crippen molar-refractivity contribution in [1.29, 1.82) is 0 Å². The lowest BCUT2D eigenvalue weighted by atomic mass is 10.1. The number of methoxy groups -OCH3 is 2. The molecule has 0 aliphatic carbocycles. The number of ketones is 1. The minimum absolute atomic E-state index is 0.0413. The molecule has 120 valence electrons. The number of phenols is 1. The van der Waals surface area contributed by atoms with Crippen LogP contribution in [0.3, 0.4) is 0 Å². The summed E-state index contributed by atoms with van der Waals surface area (Å²) < 4.78 is 14.7. The van der Waals surface area contributed by atoms with Gasteiger partial charge in [-0.3, -0.25) is 4.79 Å². The largest absolute Gasteiger partial charge is 0.503 e. The second-order valence-corrected chi connectivity index (χ2v) is 4.70. The molecule has 1 N–H and O–H groups in total. The molecule has 0 bridgehead atoms. The predicted octanol–water partition coefficient (Wildman–Crippen LogP) is 2.22. The van der Waals surface area contributed by atoms with Crippen molar-refractivity contribution in [3.8, 4) is 11.5 Å². The molecule has 0 unspecified atom stereocenters. The van der Waals surface area contributed by atoms with Gasteiger partial charge in [0.05, 0.1) is 18.7 Å². The Morgan fingerprint density at radius 2 is 1.95 bits per heavy atom. The van der Waals surface area contributed by atoms with E-state index in [-0.39, 0.29) is 35.3 Å². The maximum atomic E-state index is 11.9. The van der Waals surface area contributed by atoms with E-state index in [0.717, 1.165) is 0 Å². The minimum atomic E-state index is -0.757. The third-order valence-corrected chi connectivity index (χ3v) is 2.99. The summed E-state index contributed by atoms with van der Waals surface area (Å²) in [5.74, 6) is -1.29. The first-order chi connectivity index (χ1) is 10.4. The Kier molecular flexibility index (Phi) is 6.88. The summed E-state index contributed by atoms with van der Waals surface area (Å²) >= 11 is 5.87. The molecule has 6 nitrogen and oxygen atoms in total. The Hall–Kier alpha value is -2.05. The van der Waals surface area contributed by atoms with E-state index in [1.807, 2.05) is 0 Å². The summed E-state index contributed by atoms with van der Waals surface area (Å²) in [4.78, 5) is 23.5. The highest BCUT2D eigenvalue weighted by Crippen LogP contribution is 2.35. The van der Waals surface area contributed by atoms with Crippen molar-refractivity contribution >= 4 is 29.4 Å². The molecule has 0 aromatic heterocycles. The minimum Gasteiger partial charge on any atom is -0.503 e. The van der Waals surface area contributed by atoms with Crippen molar-refractivity contribution in [2.45, 2.75) is 6.92 Å². The number of hydrogen-bond acceptors (Lipinski definition) is 6. The van der Waals surface area contributed by atoms with E-state index in [2.05, 4.69) is 0 Å². The van der Waals surface area contributed by atoms with E-state index >= 15 is 0 Å². The van der Waals surface area contributed by atoms with Gasteiger partial charge in [-0.05, 0) is 30.7 Å². The van der Waals surface area contributed by atoms with Gasteiger partial charge in [-0.1, -0.05) is 11.6 Å². The molecule has 0 heterocycles. The lowest BCUT2D eigenvalue weighted by molar-refractivity contribution is -0.141. The van der Waals surface area contributed by atoms with Gasteiger partial charge in [0, 0.05) is 7.11 Å². The van der Waals surface area contributed by atoms with Gasteiger partial charge in [-0.25, -0.2) is 4.79 Å². The quantitative estimate of drug-likeness (QED) is 0.272. The molecular formula is C15H17ClO6. The van der Waals surface area contributed by atoms with E-state index in [1.165, 1.54) is 39.4 Å². The topological polar surface area (TPSA) is 82.1 Å². The van der Waals surface area contributed by atoms with Crippen LogP contribution in [0.1, 0.15) is 12.5 Å². The number of halogens is 1. The van der Waals surface area contributed by atoms with Crippen molar-refractivity contribution < 1.29 is 28.9 Å². The second-order valence-electron chi connectivity index (χ2n) is 4.30. The highest BCUT2D eigenvalue weighted by molar-refractivity contribution is 6.32. The summed E-state index contributed by atoms with van der Waals surface area (Å²) in [5, 5.41) is 9.71. The van der Waals surface area contributed by atoms with Crippen LogP contribution in [0.5, 0.6) is 11.5 Å². The van der Waals surface area contributed by atoms with Crippen molar-refractivity contribution in [2.24, 2.45) is 0 Å². The third kappa shape index (κ3) is 4.75. The van der Waals surface area contributed by atoms with Gasteiger partial charge in [-0.15, -0.1) is 0 Å². The maximum Gasteiger partial charge on any atom is 0.341 e. The maximum absolute atomic E-state index is 11.9. The van der Waals surface area contributed by atoms with Crippen LogP contribution in [0.25, 0.3) is 6.08 Å². The summed E-state index contributed by atoms with van der Waals surface area (Å²) in [6, 6.07) is 2.86. The fourth-order valence-electron chi connectivity index (χ4n) is 1.60. The van der Waals surface area contributed by atoms with Gasteiger partial charge >= 0.3 is 5.97 Å². The molecule has 7 heteroatoms. The molecule has 0 spiro atoms. The Bertz CT molecular complexity index is 594. The van der Waals surface area contributed by atoms with Gasteiger partial charge in [0.15, 0.2) is 17.3 Å². The Balaban J connectivity index is 3.11. The molecule has 0 saturated carbocycles. The van der Waals surface area contributed by atoms with Gasteiger partial charge < -0.3 is 19.3 Å². The molecule has 1 rings (SSSR count). The molecule has 0 radical (unpaired) electrons. The number of aromatic hydroxyl groups is 1. The van der Waals surface area contributed by atoms with Gasteiger partial charge in [0.25, 0.3) is 0 Å². The SMILES string of the molecule is COCCOC(=O)/C(=C/c1cc(Cl)c(O)c(OC)c1)C(C)=O. The predicted molar refractivity (Wildman–Crippen MR) is 81.2 cm³/mol. The number of esters is 1. The number of carbonyl (C=O) groups is 2. The summed E-state index contributed by atoms with van der Waals surface area (Å²) in [7, 11) is 2.84. The average Bonchev–Trinajstić information content (AvgIpc) is 2.47. The number of Topliss-reactive ketones (excluding diaryl/α,β-unsaturated/α-hetero) is 1. The number of phenolic OH excluding ortho intramolecular Hbond substituents is 1. The highest BCUT2D eigenvalue weighted by Gasteiger charge is 2.17. The molecule has 22 heavy (non-hydrogen) atoms. The fraction of sp³-hybridized carbons (Fsp3) is 0.333. The highest BCUT2D eigenvalue weighted by atomic mass is 35.5. The van der Waals surface area contributed by atoms with Crippen molar-refractivity contribution in [3.05, 3.63) is 28.3 Å². The summed E-state index contributed by atoms with van der Waals surface area (Å²) in [6.45, 7) is 1.53. The van der Waals surface area contributed by atoms with Crippen LogP contribution in [-0.2, 0) is 19.1 Å². The van der Waals surface area contributed by atoms with Crippen LogP contribution < -0.4 is 4.74 Å². The average molecular weight is 329 g/mol. The summed E-state index contributed by atoms with van der Waals surface area (Å²) in [6.07, 6.45) is 1.32. The molecule has 0 amide bonds. The van der Waals surface area contributed by atoms with Crippen molar-refractivity contribution in [1.82, 2.24) is 0 Å². The third-order valence-electron chi connectivity index (χ3n) is 2.70. The van der Waals surface area contributed by atoms with Crippen LogP contribution in [0.15, 0.2) is 17.7 Å². The number of carbonyl (C=O) groups excluding carboxylic acids is 2. The van der Waals surface area contributed by atoms with E-state index in [4.69, 9.17) is 25.8 Å². The van der Waals surface area contributed by atoms with Crippen LogP contribution in [0, 0.1) is 0 Å². The zero-order chi connectivity index (χ0) is 16.7. The van der Waals surface area contributed by atoms with Crippen LogP contribution in [0.4, 0.5) is 0 Å². The lowest BCUT2D eigenvalue weighted by Gasteiger charge is -2.08. The lowest BCUT2D eigenvalue weighted by Crippen LogP contribution is -2.16. The monoisotopic (exact) mass is 328 g/mol. The second kappa shape index (κ2) is 8.41. The van der Waals surface area contributed by atoms with Gasteiger partial charge in [0.1, 0.15) is 12.2 Å². The molecule has 0 aliphatic rings. The Morgan fingerprint density at radius 1 is 1.27 bits per heavy atom. The zero-order valence-electron chi connectivity index (χ0n) is 12.5. The molecule has 1 aromatic carbocycles. The standard InChI is InChI=1S/C15H17ClO6/c1-9(17)11(15(19)22-5-4-20-2)6-10-7-12(16)14(18)13(8-10)21-3/h6-8,18H,4-5H2,1-3H3/b11-6+. The molecule has 0 saturated heterocycles. The van der Waals surface area contributed by atoms with Gasteiger partial charge in [-0.2, -0.15) is 0 Å². The van der Waals surface area contributed by atoms with E-state index in [0.29, 0.717) is 5.56 Å². The van der Waals surface area contributed by atoms with Crippen LogP contribution in [0.2, 0.25) is 5.02 Å². The van der Waals surface area contributed by atoms with Crippen LogP contribution >= 0.6 is 11.6 Å². The molecule has 0 atom stereocenters. The van der Waals surface area contributed by atoms with Crippen LogP contribution in [-0.4, -0.2) is 44.3 Å². The molecule has 0 fully saturated rings. The zero-order valence-corrected chi connectivity index (χ0v) is 13.3. The Morgan fingerprint density at radius 3 is 2.50 bits per heavy atom. The number of hydrogen-bond donors (Lipinski definition) is 1. The van der Waals surface area contributed by atoms with Crippen molar-refractivity contribution in [3.63, 3.8) is 0 Å². The number of rotatable bonds is 7. The fourth-order valence-corrected chi connectivity index (χ4v) is 1.82. The van der Waals surface area contributed by atoms with E-state index in [9.17, 15) is 14.7 Å². The Labute approximate surface area is 133 Å². The molecule has 0 aliphatic heterocycles. The van der Waals surface area contributed by atoms with Gasteiger partial charge in [0.2, 0.25) is 0 Å². The summed E-state index contributed by atoms with van der Waals surface area (Å²) in [5.41, 5.74) is 0.286.